The van der Waals surface area contributed by atoms with Gasteiger partial charge in [-0.3, -0.25) is 0 Å². The summed E-state index contributed by atoms with van der Waals surface area (Å²) in [5.74, 6) is 0. The normalized spacial score (nSPS) is 12.0. The van der Waals surface area contributed by atoms with Gasteiger partial charge >= 0.3 is 7.94 Å². The standard InChI is InChI=1S/C5H14O6P/c1-2-9-12(5-8,10-3-6)11-4-7/h6-8H,2-5H2,1H3/q+1. The van der Waals surface area contributed by atoms with E-state index in [9.17, 15) is 0 Å². The minimum absolute atomic E-state index is 0.272. The monoisotopic (exact) mass is 201 g/mol. The summed E-state index contributed by atoms with van der Waals surface area (Å²) >= 11 is 0. The SMILES string of the molecule is CCO[P+](CO)(OCO)OCO. The van der Waals surface area contributed by atoms with Crippen LogP contribution in [0.4, 0.5) is 0 Å². The molecule has 0 aliphatic carbocycles. The predicted octanol–water partition coefficient (Wildman–Crippen LogP) is -0.332. The molecule has 0 aromatic rings. The summed E-state index contributed by atoms with van der Waals surface area (Å²) in [6.07, 6.45) is -0.498. The molecule has 0 amide bonds. The molecule has 0 heterocycles. The number of aliphatic hydroxyl groups is 3. The Bertz CT molecular complexity index is 93.1. The van der Waals surface area contributed by atoms with Crippen LogP contribution >= 0.6 is 7.94 Å². The Kier molecular flexibility index (Phi) is 6.78. The zero-order chi connectivity index (χ0) is 9.45. The van der Waals surface area contributed by atoms with Crippen molar-refractivity contribution in [2.75, 3.05) is 26.5 Å². The maximum atomic E-state index is 8.82. The lowest BCUT2D eigenvalue weighted by Crippen LogP contribution is -2.12. The van der Waals surface area contributed by atoms with Crippen molar-refractivity contribution in [3.05, 3.63) is 0 Å². The zero-order valence-electron chi connectivity index (χ0n) is 6.84. The lowest BCUT2D eigenvalue weighted by atomic mass is 10.9. The van der Waals surface area contributed by atoms with E-state index >= 15 is 0 Å². The molecule has 0 aromatic carbocycles. The van der Waals surface area contributed by atoms with Crippen LogP contribution < -0.4 is 0 Å². The average molecular weight is 201 g/mol. The summed E-state index contributed by atoms with van der Waals surface area (Å²) in [6.45, 7) is 0.725. The summed E-state index contributed by atoms with van der Waals surface area (Å²) in [4.78, 5) is 0. The van der Waals surface area contributed by atoms with Crippen molar-refractivity contribution in [1.29, 1.82) is 0 Å². The fourth-order valence-electron chi connectivity index (χ4n) is 0.607. The van der Waals surface area contributed by atoms with Crippen LogP contribution in [0.3, 0.4) is 0 Å². The number of aliphatic hydroxyl groups excluding tert-OH is 3. The Morgan fingerprint density at radius 2 is 1.50 bits per heavy atom. The molecule has 0 rings (SSSR count). The molecule has 0 saturated heterocycles. The van der Waals surface area contributed by atoms with E-state index in [1.807, 2.05) is 0 Å². The van der Waals surface area contributed by atoms with Crippen molar-refractivity contribution >= 4 is 7.94 Å². The van der Waals surface area contributed by atoms with Gasteiger partial charge in [0.2, 0.25) is 6.35 Å². The molecule has 0 aliphatic rings. The van der Waals surface area contributed by atoms with E-state index in [2.05, 4.69) is 9.05 Å². The summed E-state index contributed by atoms with van der Waals surface area (Å²) in [6, 6.07) is 0. The van der Waals surface area contributed by atoms with Gasteiger partial charge in [0, 0.05) is 0 Å². The molecule has 0 aromatic heterocycles. The van der Waals surface area contributed by atoms with Crippen LogP contribution in [0.1, 0.15) is 6.92 Å². The fourth-order valence-corrected chi connectivity index (χ4v) is 1.82. The molecule has 12 heavy (non-hydrogen) atoms. The smallest absolute Gasteiger partial charge is 0.367 e. The van der Waals surface area contributed by atoms with Crippen molar-refractivity contribution in [3.8, 4) is 0 Å². The Labute approximate surface area is 71.3 Å². The molecule has 3 N–H and O–H groups in total. The van der Waals surface area contributed by atoms with Gasteiger partial charge in [-0.2, -0.15) is 4.52 Å². The van der Waals surface area contributed by atoms with Gasteiger partial charge in [-0.15, -0.1) is 9.05 Å². The molecule has 0 radical (unpaired) electrons. The number of hydrogen-bond donors (Lipinski definition) is 3. The van der Waals surface area contributed by atoms with E-state index in [4.69, 9.17) is 19.8 Å². The van der Waals surface area contributed by atoms with Crippen LogP contribution in [0.15, 0.2) is 0 Å². The van der Waals surface area contributed by atoms with Crippen molar-refractivity contribution in [2.45, 2.75) is 6.92 Å². The van der Waals surface area contributed by atoms with Crippen LogP contribution in [0, 0.1) is 0 Å². The van der Waals surface area contributed by atoms with Gasteiger partial charge in [-0.05, 0) is 6.92 Å². The maximum absolute atomic E-state index is 8.82. The highest BCUT2D eigenvalue weighted by Gasteiger charge is 2.44. The molecule has 74 valence electrons. The highest BCUT2D eigenvalue weighted by Crippen LogP contribution is 2.60. The third kappa shape index (κ3) is 3.73. The molecule has 0 unspecified atom stereocenters. The molecule has 0 atom stereocenters. The summed E-state index contributed by atoms with van der Waals surface area (Å²) < 4.78 is 14.3. The number of rotatable bonds is 7. The molecule has 0 aliphatic heterocycles. The van der Waals surface area contributed by atoms with Gasteiger partial charge in [0.05, 0.1) is 6.61 Å². The first-order valence-corrected chi connectivity index (χ1v) is 5.11. The lowest BCUT2D eigenvalue weighted by Gasteiger charge is -2.16. The second-order valence-corrected chi connectivity index (χ2v) is 3.97. The first-order chi connectivity index (χ1) is 5.74. The van der Waals surface area contributed by atoms with Gasteiger partial charge in [-0.25, -0.2) is 0 Å². The highest BCUT2D eigenvalue weighted by atomic mass is 31.2. The first-order valence-electron chi connectivity index (χ1n) is 3.39. The van der Waals surface area contributed by atoms with Gasteiger partial charge in [0.15, 0.2) is 13.6 Å². The molecule has 0 bridgehead atoms. The Hall–Kier alpha value is 0.190. The van der Waals surface area contributed by atoms with Crippen molar-refractivity contribution < 1.29 is 28.9 Å². The van der Waals surface area contributed by atoms with E-state index < -0.39 is 27.9 Å². The van der Waals surface area contributed by atoms with Gasteiger partial charge in [0.25, 0.3) is 0 Å². The van der Waals surface area contributed by atoms with Crippen LogP contribution in [0.25, 0.3) is 0 Å². The summed E-state index contributed by atoms with van der Waals surface area (Å²) in [7, 11) is -2.92. The van der Waals surface area contributed by atoms with Crippen LogP contribution in [0.2, 0.25) is 0 Å². The first kappa shape index (κ1) is 12.2. The second-order valence-electron chi connectivity index (χ2n) is 1.69. The summed E-state index contributed by atoms with van der Waals surface area (Å²) in [5, 5.41) is 25.7. The van der Waals surface area contributed by atoms with Crippen molar-refractivity contribution in [2.24, 2.45) is 0 Å². The molecule has 0 spiro atoms. The fraction of sp³-hybridized carbons (Fsp3) is 1.00. The maximum Gasteiger partial charge on any atom is 0.443 e. The molecule has 6 nitrogen and oxygen atoms in total. The number of hydrogen-bond acceptors (Lipinski definition) is 6. The Morgan fingerprint density at radius 1 is 1.00 bits per heavy atom. The minimum Gasteiger partial charge on any atom is -0.367 e. The molecular weight excluding hydrogens is 187 g/mol. The van der Waals surface area contributed by atoms with Gasteiger partial charge in [-0.1, -0.05) is 0 Å². The van der Waals surface area contributed by atoms with E-state index in [0.29, 0.717) is 0 Å². The van der Waals surface area contributed by atoms with Crippen LogP contribution in [0.5, 0.6) is 0 Å². The predicted molar refractivity (Wildman–Crippen MR) is 42.0 cm³/mol. The third-order valence-electron chi connectivity index (χ3n) is 1.01. The van der Waals surface area contributed by atoms with E-state index in [0.717, 1.165) is 0 Å². The van der Waals surface area contributed by atoms with E-state index in [-0.39, 0.29) is 6.61 Å². The largest absolute Gasteiger partial charge is 0.443 e. The topological polar surface area (TPSA) is 88.4 Å². The van der Waals surface area contributed by atoms with Gasteiger partial charge in [0.1, 0.15) is 0 Å². The zero-order valence-corrected chi connectivity index (χ0v) is 7.74. The molecule has 0 saturated carbocycles. The second kappa shape index (κ2) is 6.68. The molecule has 7 heteroatoms. The lowest BCUT2D eigenvalue weighted by molar-refractivity contribution is 0.00749. The van der Waals surface area contributed by atoms with Gasteiger partial charge < -0.3 is 15.3 Å². The Balaban J connectivity index is 4.06. The average Bonchev–Trinajstić information content (AvgIpc) is 2.06. The van der Waals surface area contributed by atoms with Crippen LogP contribution in [-0.4, -0.2) is 41.9 Å². The Morgan fingerprint density at radius 3 is 1.75 bits per heavy atom. The molecule has 0 fully saturated rings. The summed E-state index contributed by atoms with van der Waals surface area (Å²) in [5.41, 5.74) is 0. The van der Waals surface area contributed by atoms with Crippen molar-refractivity contribution in [1.82, 2.24) is 0 Å². The van der Waals surface area contributed by atoms with E-state index in [1.165, 1.54) is 0 Å². The highest BCUT2D eigenvalue weighted by molar-refractivity contribution is 7.61. The molecular formula is C5H14O6P+. The van der Waals surface area contributed by atoms with Crippen molar-refractivity contribution in [3.63, 3.8) is 0 Å². The minimum atomic E-state index is -2.92. The third-order valence-corrected chi connectivity index (χ3v) is 3.02. The quantitative estimate of drug-likeness (QED) is 0.386. The van der Waals surface area contributed by atoms with E-state index in [1.54, 1.807) is 6.92 Å². The van der Waals surface area contributed by atoms with Crippen LogP contribution in [-0.2, 0) is 13.6 Å².